The van der Waals surface area contributed by atoms with E-state index in [0.717, 1.165) is 18.2 Å². The van der Waals surface area contributed by atoms with Gasteiger partial charge in [-0.1, -0.05) is 38.3 Å². The lowest BCUT2D eigenvalue weighted by atomic mass is 9.84. The fourth-order valence-electron chi connectivity index (χ4n) is 3.22. The Bertz CT molecular complexity index is 532. The molecule has 0 spiro atoms. The van der Waals surface area contributed by atoms with Gasteiger partial charge < -0.3 is 5.32 Å². The molecule has 0 saturated heterocycles. The van der Waals surface area contributed by atoms with Gasteiger partial charge in [-0.3, -0.25) is 0 Å². The van der Waals surface area contributed by atoms with Crippen LogP contribution in [-0.2, 0) is 6.54 Å². The van der Waals surface area contributed by atoms with Gasteiger partial charge in [0.25, 0.3) is 0 Å². The van der Waals surface area contributed by atoms with Crippen LogP contribution in [0.15, 0.2) is 36.9 Å². The quantitative estimate of drug-likeness (QED) is 0.916. The first-order valence-corrected chi connectivity index (χ1v) is 8.02. The fraction of sp³-hybridized carbons (Fsp3) is 0.529. The summed E-state index contributed by atoms with van der Waals surface area (Å²) < 4.78 is 1.78. The zero-order valence-electron chi connectivity index (χ0n) is 12.7. The zero-order valence-corrected chi connectivity index (χ0v) is 12.7. The van der Waals surface area contributed by atoms with Gasteiger partial charge in [0.05, 0.1) is 5.69 Å². The van der Waals surface area contributed by atoms with E-state index < -0.39 is 0 Å². The maximum Gasteiger partial charge on any atom is 0.138 e. The van der Waals surface area contributed by atoms with Crippen LogP contribution in [0.4, 0.5) is 0 Å². The molecule has 1 aliphatic rings. The van der Waals surface area contributed by atoms with Crippen molar-refractivity contribution in [2.75, 3.05) is 0 Å². The van der Waals surface area contributed by atoms with Gasteiger partial charge in [-0.25, -0.2) is 9.67 Å². The summed E-state index contributed by atoms with van der Waals surface area (Å²) >= 11 is 0. The highest BCUT2D eigenvalue weighted by Crippen LogP contribution is 2.26. The highest BCUT2D eigenvalue weighted by atomic mass is 15.3. The lowest BCUT2D eigenvalue weighted by molar-refractivity contribution is 0.278. The maximum absolute atomic E-state index is 4.14. The Kier molecular flexibility index (Phi) is 4.65. The average Bonchev–Trinajstić information content (AvgIpc) is 3.08. The van der Waals surface area contributed by atoms with Crippen LogP contribution in [0, 0.1) is 5.92 Å². The average molecular weight is 284 g/mol. The van der Waals surface area contributed by atoms with E-state index in [2.05, 4.69) is 46.6 Å². The van der Waals surface area contributed by atoms with Crippen molar-refractivity contribution in [3.8, 4) is 5.69 Å². The molecule has 1 fully saturated rings. The summed E-state index contributed by atoms with van der Waals surface area (Å²) in [4.78, 5) is 3.97. The van der Waals surface area contributed by atoms with E-state index in [4.69, 9.17) is 0 Å². The molecule has 2 aromatic rings. The number of hydrogen-bond acceptors (Lipinski definition) is 3. The van der Waals surface area contributed by atoms with Crippen LogP contribution < -0.4 is 5.32 Å². The minimum Gasteiger partial charge on any atom is -0.310 e. The standard InChI is InChI=1S/C17H24N4/c1-2-14-4-3-5-16(10-14)19-11-15-6-8-17(9-7-15)21-13-18-12-20-21/h6-9,12-14,16,19H,2-5,10-11H2,1H3/t14-,16-/m1/s1. The SMILES string of the molecule is CC[C@@H]1CCC[C@@H](NCc2ccc(-n3cncn3)cc2)C1. The lowest BCUT2D eigenvalue weighted by Crippen LogP contribution is -2.33. The molecule has 4 nitrogen and oxygen atoms in total. The Morgan fingerprint density at radius 2 is 2.10 bits per heavy atom. The topological polar surface area (TPSA) is 42.7 Å². The second-order valence-corrected chi connectivity index (χ2v) is 6.03. The zero-order chi connectivity index (χ0) is 14.5. The van der Waals surface area contributed by atoms with E-state index in [1.807, 2.05) is 0 Å². The van der Waals surface area contributed by atoms with Crippen molar-refractivity contribution in [1.82, 2.24) is 20.1 Å². The second kappa shape index (κ2) is 6.85. The van der Waals surface area contributed by atoms with Gasteiger partial charge in [0, 0.05) is 12.6 Å². The summed E-state index contributed by atoms with van der Waals surface area (Å²) in [6, 6.07) is 9.23. The first kappa shape index (κ1) is 14.3. The van der Waals surface area contributed by atoms with Gasteiger partial charge in [0.1, 0.15) is 12.7 Å². The molecule has 1 aliphatic carbocycles. The number of benzene rings is 1. The van der Waals surface area contributed by atoms with E-state index in [9.17, 15) is 0 Å². The number of rotatable bonds is 5. The minimum absolute atomic E-state index is 0.693. The van der Waals surface area contributed by atoms with Crippen LogP contribution in [0.2, 0.25) is 0 Å². The summed E-state index contributed by atoms with van der Waals surface area (Å²) in [6.07, 6.45) is 10.1. The number of aromatic nitrogens is 3. The maximum atomic E-state index is 4.14. The third kappa shape index (κ3) is 3.70. The largest absolute Gasteiger partial charge is 0.310 e. The molecule has 2 atom stereocenters. The smallest absolute Gasteiger partial charge is 0.138 e. The van der Waals surface area contributed by atoms with Gasteiger partial charge in [-0.05, 0) is 36.5 Å². The van der Waals surface area contributed by atoms with Crippen LogP contribution in [0.5, 0.6) is 0 Å². The van der Waals surface area contributed by atoms with Crippen LogP contribution >= 0.6 is 0 Å². The summed E-state index contributed by atoms with van der Waals surface area (Å²) in [5, 5.41) is 7.86. The second-order valence-electron chi connectivity index (χ2n) is 6.03. The highest BCUT2D eigenvalue weighted by Gasteiger charge is 2.19. The number of nitrogens with zero attached hydrogens (tertiary/aromatic N) is 3. The van der Waals surface area contributed by atoms with Crippen molar-refractivity contribution >= 4 is 0 Å². The molecular formula is C17H24N4. The molecule has 0 radical (unpaired) electrons. The van der Waals surface area contributed by atoms with Crippen molar-refractivity contribution in [1.29, 1.82) is 0 Å². The van der Waals surface area contributed by atoms with Crippen molar-refractivity contribution in [2.24, 2.45) is 5.92 Å². The van der Waals surface area contributed by atoms with Gasteiger partial charge in [0.15, 0.2) is 0 Å². The minimum atomic E-state index is 0.693. The highest BCUT2D eigenvalue weighted by molar-refractivity contribution is 5.33. The Morgan fingerprint density at radius 3 is 2.81 bits per heavy atom. The normalized spacial score (nSPS) is 22.3. The van der Waals surface area contributed by atoms with Crippen LogP contribution in [0.3, 0.4) is 0 Å². The van der Waals surface area contributed by atoms with Crippen molar-refractivity contribution < 1.29 is 0 Å². The summed E-state index contributed by atoms with van der Waals surface area (Å²) in [5.74, 6) is 0.922. The Morgan fingerprint density at radius 1 is 1.24 bits per heavy atom. The Labute approximate surface area is 126 Å². The molecule has 1 N–H and O–H groups in total. The van der Waals surface area contributed by atoms with Gasteiger partial charge in [-0.2, -0.15) is 5.10 Å². The predicted molar refractivity (Wildman–Crippen MR) is 84.2 cm³/mol. The molecular weight excluding hydrogens is 260 g/mol. The van der Waals surface area contributed by atoms with Crippen LogP contribution in [0.25, 0.3) is 5.69 Å². The molecule has 21 heavy (non-hydrogen) atoms. The molecule has 112 valence electrons. The summed E-state index contributed by atoms with van der Waals surface area (Å²) in [5.41, 5.74) is 2.39. The van der Waals surface area contributed by atoms with Crippen molar-refractivity contribution in [3.05, 3.63) is 42.5 Å². The van der Waals surface area contributed by atoms with E-state index in [-0.39, 0.29) is 0 Å². The van der Waals surface area contributed by atoms with Crippen molar-refractivity contribution in [2.45, 2.75) is 51.6 Å². The fourth-order valence-corrected chi connectivity index (χ4v) is 3.22. The summed E-state index contributed by atoms with van der Waals surface area (Å²) in [7, 11) is 0. The molecule has 4 heteroatoms. The molecule has 0 aliphatic heterocycles. The molecule has 0 bridgehead atoms. The van der Waals surface area contributed by atoms with Gasteiger partial charge >= 0.3 is 0 Å². The Hall–Kier alpha value is -1.68. The molecule has 1 saturated carbocycles. The third-order valence-electron chi connectivity index (χ3n) is 4.57. The molecule has 1 heterocycles. The van der Waals surface area contributed by atoms with Gasteiger partial charge in [0.2, 0.25) is 0 Å². The Balaban J connectivity index is 1.53. The molecule has 0 amide bonds. The summed E-state index contributed by atoms with van der Waals surface area (Å²) in [6.45, 7) is 3.27. The van der Waals surface area contributed by atoms with Gasteiger partial charge in [-0.15, -0.1) is 0 Å². The molecule has 0 unspecified atom stereocenters. The van der Waals surface area contributed by atoms with Crippen LogP contribution in [0.1, 0.15) is 44.6 Å². The monoisotopic (exact) mass is 284 g/mol. The predicted octanol–water partition coefficient (Wildman–Crippen LogP) is 3.33. The van der Waals surface area contributed by atoms with E-state index >= 15 is 0 Å². The first-order valence-electron chi connectivity index (χ1n) is 8.02. The molecule has 1 aromatic carbocycles. The number of hydrogen-bond donors (Lipinski definition) is 1. The lowest BCUT2D eigenvalue weighted by Gasteiger charge is -2.29. The molecule has 1 aromatic heterocycles. The van der Waals surface area contributed by atoms with E-state index in [1.54, 1.807) is 17.3 Å². The van der Waals surface area contributed by atoms with E-state index in [0.29, 0.717) is 6.04 Å². The third-order valence-corrected chi connectivity index (χ3v) is 4.57. The van der Waals surface area contributed by atoms with Crippen LogP contribution in [-0.4, -0.2) is 20.8 Å². The van der Waals surface area contributed by atoms with E-state index in [1.165, 1.54) is 37.7 Å². The number of nitrogens with one attached hydrogen (secondary N) is 1. The molecule has 3 rings (SSSR count). The first-order chi connectivity index (χ1) is 10.3. The van der Waals surface area contributed by atoms with Crippen molar-refractivity contribution in [3.63, 3.8) is 0 Å².